The Kier molecular flexibility index (Phi) is 4.58. The first kappa shape index (κ1) is 16.2. The lowest BCUT2D eigenvalue weighted by molar-refractivity contribution is 0.0712. The van der Waals surface area contributed by atoms with Crippen LogP contribution >= 0.6 is 0 Å². The Bertz CT molecular complexity index is 585. The molecular weight excluding hydrogens is 293 g/mol. The van der Waals surface area contributed by atoms with Crippen molar-refractivity contribution in [1.29, 1.82) is 0 Å². The van der Waals surface area contributed by atoms with Gasteiger partial charge in [-0.1, -0.05) is 18.6 Å². The van der Waals surface area contributed by atoms with Crippen molar-refractivity contribution in [2.24, 2.45) is 0 Å². The van der Waals surface area contributed by atoms with E-state index in [4.69, 9.17) is 0 Å². The maximum Gasteiger partial charge on any atom is 0.214 e. The quantitative estimate of drug-likeness (QED) is 0.898. The molecule has 0 unspecified atom stereocenters. The smallest absolute Gasteiger partial charge is 0.214 e. The topological polar surface area (TPSA) is 66.4 Å². The van der Waals surface area contributed by atoms with Gasteiger partial charge in [0.15, 0.2) is 5.67 Å². The first-order valence-corrected chi connectivity index (χ1v) is 8.80. The summed E-state index contributed by atoms with van der Waals surface area (Å²) in [4.78, 5) is 0. The van der Waals surface area contributed by atoms with Crippen molar-refractivity contribution < 1.29 is 17.9 Å². The lowest BCUT2D eigenvalue weighted by Gasteiger charge is -2.38. The molecule has 0 saturated heterocycles. The Labute approximate surface area is 125 Å². The summed E-state index contributed by atoms with van der Waals surface area (Å²) < 4.78 is 42.1. The molecule has 0 bridgehead atoms. The number of phenolic OH excluding ortho intramolecular Hbond substituents is 1. The van der Waals surface area contributed by atoms with Gasteiger partial charge in [0.05, 0.1) is 11.3 Å². The fourth-order valence-corrected chi connectivity index (χ4v) is 3.68. The van der Waals surface area contributed by atoms with Crippen molar-refractivity contribution in [3.8, 4) is 5.75 Å². The molecule has 1 aromatic carbocycles. The van der Waals surface area contributed by atoms with Gasteiger partial charge in [-0.05, 0) is 50.8 Å². The molecular formula is C15H22FNO3S. The van der Waals surface area contributed by atoms with Gasteiger partial charge in [-0.3, -0.25) is 0 Å². The maximum absolute atomic E-state index is 15.5. The van der Waals surface area contributed by atoms with E-state index >= 15 is 4.39 Å². The Balaban J connectivity index is 2.32. The van der Waals surface area contributed by atoms with E-state index in [0.29, 0.717) is 12.0 Å². The summed E-state index contributed by atoms with van der Waals surface area (Å²) >= 11 is 0. The largest absolute Gasteiger partial charge is 0.508 e. The molecule has 0 radical (unpaired) electrons. The third kappa shape index (κ3) is 3.37. The second-order valence-electron chi connectivity index (χ2n) is 5.92. The third-order valence-electron chi connectivity index (χ3n) is 4.11. The van der Waals surface area contributed by atoms with E-state index in [1.165, 1.54) is 24.3 Å². The highest BCUT2D eigenvalue weighted by molar-refractivity contribution is 7.90. The summed E-state index contributed by atoms with van der Waals surface area (Å²) in [6.45, 7) is 3.15. The normalized spacial score (nSPS) is 27.0. The molecule has 4 nitrogen and oxygen atoms in total. The van der Waals surface area contributed by atoms with Gasteiger partial charge < -0.3 is 5.11 Å². The monoisotopic (exact) mass is 315 g/mol. The number of halogens is 1. The van der Waals surface area contributed by atoms with Crippen LogP contribution in [-0.2, 0) is 15.7 Å². The minimum atomic E-state index is -3.52. The van der Waals surface area contributed by atoms with Gasteiger partial charge in [0.1, 0.15) is 5.75 Å². The second-order valence-corrected chi connectivity index (χ2v) is 8.19. The van der Waals surface area contributed by atoms with Crippen LogP contribution in [0, 0.1) is 0 Å². The van der Waals surface area contributed by atoms with Crippen LogP contribution in [0.4, 0.5) is 4.39 Å². The number of sulfonamides is 1. The fourth-order valence-electron chi connectivity index (χ4n) is 2.70. The average molecular weight is 315 g/mol. The zero-order valence-electron chi connectivity index (χ0n) is 12.3. The van der Waals surface area contributed by atoms with Crippen LogP contribution in [0.3, 0.4) is 0 Å². The minimum absolute atomic E-state index is 0.0671. The van der Waals surface area contributed by atoms with E-state index in [1.54, 1.807) is 13.8 Å². The highest BCUT2D eigenvalue weighted by Crippen LogP contribution is 2.41. The number of aromatic hydroxyl groups is 1. The number of benzene rings is 1. The molecule has 1 fully saturated rings. The van der Waals surface area contributed by atoms with E-state index in [1.807, 2.05) is 0 Å². The van der Waals surface area contributed by atoms with Crippen molar-refractivity contribution >= 4 is 10.0 Å². The molecule has 0 aliphatic heterocycles. The van der Waals surface area contributed by atoms with E-state index in [9.17, 15) is 13.5 Å². The predicted molar refractivity (Wildman–Crippen MR) is 80.3 cm³/mol. The molecule has 0 aromatic heterocycles. The van der Waals surface area contributed by atoms with E-state index in [-0.39, 0.29) is 12.2 Å². The summed E-state index contributed by atoms with van der Waals surface area (Å²) in [6.07, 6.45) is 2.28. The first-order chi connectivity index (χ1) is 9.75. The first-order valence-electron chi connectivity index (χ1n) is 7.25. The Morgan fingerprint density at radius 2 is 1.90 bits per heavy atom. The van der Waals surface area contributed by atoms with Gasteiger partial charge in [0.2, 0.25) is 10.0 Å². The molecule has 21 heavy (non-hydrogen) atoms. The van der Waals surface area contributed by atoms with Gasteiger partial charge in [0.25, 0.3) is 0 Å². The van der Waals surface area contributed by atoms with Crippen LogP contribution < -0.4 is 4.72 Å². The summed E-state index contributed by atoms with van der Waals surface area (Å²) in [5.74, 6) is 0.0671. The molecule has 6 heteroatoms. The summed E-state index contributed by atoms with van der Waals surface area (Å²) in [7, 11) is -3.52. The zero-order chi connectivity index (χ0) is 15.7. The van der Waals surface area contributed by atoms with E-state index in [2.05, 4.69) is 4.72 Å². The van der Waals surface area contributed by atoms with Gasteiger partial charge in [-0.2, -0.15) is 0 Å². The van der Waals surface area contributed by atoms with Crippen molar-refractivity contribution in [2.45, 2.75) is 56.5 Å². The van der Waals surface area contributed by atoms with E-state index in [0.717, 1.165) is 12.8 Å². The molecule has 118 valence electrons. The summed E-state index contributed by atoms with van der Waals surface area (Å²) in [5.41, 5.74) is -1.31. The van der Waals surface area contributed by atoms with Crippen LogP contribution in [0.5, 0.6) is 5.75 Å². The van der Waals surface area contributed by atoms with Crippen molar-refractivity contribution in [3.05, 3.63) is 29.8 Å². The molecule has 1 saturated carbocycles. The van der Waals surface area contributed by atoms with Crippen molar-refractivity contribution in [3.63, 3.8) is 0 Å². The SMILES string of the molecule is CC(C)S(=O)(=O)N[C@H]1CCCC[C@@]1(F)c1ccc(O)cc1. The maximum atomic E-state index is 15.5. The highest BCUT2D eigenvalue weighted by atomic mass is 32.2. The van der Waals surface area contributed by atoms with Crippen molar-refractivity contribution in [1.82, 2.24) is 4.72 Å². The highest BCUT2D eigenvalue weighted by Gasteiger charge is 2.44. The summed E-state index contributed by atoms with van der Waals surface area (Å²) in [5, 5.41) is 8.74. The number of rotatable bonds is 4. The van der Waals surface area contributed by atoms with Crippen molar-refractivity contribution in [2.75, 3.05) is 0 Å². The number of alkyl halides is 1. The standard InChI is InChI=1S/C15H22FNO3S/c1-11(2)21(19,20)17-14-5-3-4-10-15(14,16)12-6-8-13(18)9-7-12/h6-9,11,14,17-18H,3-5,10H2,1-2H3/t14-,15+/m0/s1. The summed E-state index contributed by atoms with van der Waals surface area (Å²) in [6, 6.07) is 5.15. The van der Waals surface area contributed by atoms with E-state index < -0.39 is 27.0 Å². The Hall–Kier alpha value is -1.14. The van der Waals surface area contributed by atoms with Gasteiger partial charge in [-0.25, -0.2) is 17.5 Å². The molecule has 0 amide bonds. The molecule has 0 heterocycles. The molecule has 1 aromatic rings. The second kappa shape index (κ2) is 5.93. The predicted octanol–water partition coefficient (Wildman–Crippen LogP) is 2.83. The molecule has 0 spiro atoms. The lowest BCUT2D eigenvalue weighted by atomic mass is 9.77. The Morgan fingerprint density at radius 1 is 1.29 bits per heavy atom. The van der Waals surface area contributed by atoms with Crippen LogP contribution in [0.1, 0.15) is 45.1 Å². The number of hydrogen-bond donors (Lipinski definition) is 2. The van der Waals surface area contributed by atoms with Crippen LogP contribution in [0.25, 0.3) is 0 Å². The molecule has 2 N–H and O–H groups in total. The molecule has 2 atom stereocenters. The molecule has 1 aliphatic rings. The average Bonchev–Trinajstić information content (AvgIpc) is 2.42. The third-order valence-corrected chi connectivity index (χ3v) is 5.96. The number of hydrogen-bond acceptors (Lipinski definition) is 3. The molecule has 2 rings (SSSR count). The lowest BCUT2D eigenvalue weighted by Crippen LogP contribution is -2.51. The zero-order valence-corrected chi connectivity index (χ0v) is 13.2. The van der Waals surface area contributed by atoms with Crippen LogP contribution in [0.15, 0.2) is 24.3 Å². The van der Waals surface area contributed by atoms with Gasteiger partial charge in [0, 0.05) is 0 Å². The van der Waals surface area contributed by atoms with Gasteiger partial charge >= 0.3 is 0 Å². The number of phenols is 1. The van der Waals surface area contributed by atoms with Crippen LogP contribution in [0.2, 0.25) is 0 Å². The van der Waals surface area contributed by atoms with Gasteiger partial charge in [-0.15, -0.1) is 0 Å². The fraction of sp³-hybridized carbons (Fsp3) is 0.600. The van der Waals surface area contributed by atoms with Crippen LogP contribution in [-0.4, -0.2) is 24.8 Å². The minimum Gasteiger partial charge on any atom is -0.508 e. The number of nitrogens with one attached hydrogen (secondary N) is 1. The molecule has 1 aliphatic carbocycles. The Morgan fingerprint density at radius 3 is 2.48 bits per heavy atom.